The molecule has 1 fully saturated rings. The average molecular weight is 395 g/mol. The van der Waals surface area contributed by atoms with E-state index in [-0.39, 0.29) is 22.2 Å². The molecular formula is C14H13N5O5S2. The number of hydrogen-bond donors (Lipinski definition) is 4. The van der Waals surface area contributed by atoms with Gasteiger partial charge < -0.3 is 21.3 Å². The van der Waals surface area contributed by atoms with Gasteiger partial charge in [-0.05, 0) is 10.7 Å². The van der Waals surface area contributed by atoms with Crippen molar-refractivity contribution in [2.24, 2.45) is 5.18 Å². The zero-order valence-corrected chi connectivity index (χ0v) is 14.7. The van der Waals surface area contributed by atoms with Gasteiger partial charge in [0.2, 0.25) is 5.88 Å². The summed E-state index contributed by atoms with van der Waals surface area (Å²) in [6, 6.07) is -0.909. The number of aromatic nitrogens is 1. The van der Waals surface area contributed by atoms with Crippen molar-refractivity contribution < 1.29 is 19.8 Å². The van der Waals surface area contributed by atoms with Gasteiger partial charge in [-0.25, -0.2) is 9.78 Å². The minimum Gasteiger partial charge on any atom is -0.493 e. The van der Waals surface area contributed by atoms with Crippen LogP contribution in [-0.2, 0) is 9.59 Å². The lowest BCUT2D eigenvalue weighted by Crippen LogP contribution is -2.69. The number of fused-ring (bicyclic) bond motifs is 1. The normalized spacial score (nSPS) is 22.9. The van der Waals surface area contributed by atoms with Gasteiger partial charge >= 0.3 is 5.97 Å². The number of thioether (sulfide) groups is 1. The number of aliphatic hydroxyl groups is 1. The molecule has 0 radical (unpaired) electrons. The van der Waals surface area contributed by atoms with E-state index in [2.05, 4.69) is 22.1 Å². The van der Waals surface area contributed by atoms with Crippen LogP contribution in [0.1, 0.15) is 5.69 Å². The Kier molecular flexibility index (Phi) is 4.70. The zero-order chi connectivity index (χ0) is 19.0. The first-order valence-corrected chi connectivity index (χ1v) is 9.10. The molecule has 1 amide bonds. The molecule has 1 aromatic heterocycles. The summed E-state index contributed by atoms with van der Waals surface area (Å²) in [6.45, 7) is 3.56. The van der Waals surface area contributed by atoms with Crippen LogP contribution in [0.15, 0.2) is 40.4 Å². The minimum absolute atomic E-state index is 0.0764. The fourth-order valence-corrected chi connectivity index (χ4v) is 4.51. The first kappa shape index (κ1) is 17.9. The number of carboxylic acid groups (broad SMARTS) is 1. The Morgan fingerprint density at radius 3 is 2.81 bits per heavy atom. The van der Waals surface area contributed by atoms with Crippen LogP contribution in [-0.4, -0.2) is 49.1 Å². The zero-order valence-electron chi connectivity index (χ0n) is 13.1. The van der Waals surface area contributed by atoms with Gasteiger partial charge in [-0.3, -0.25) is 9.69 Å². The average Bonchev–Trinajstić information content (AvgIpc) is 3.04. The monoisotopic (exact) mass is 395 g/mol. The molecule has 3 rings (SSSR count). The fourth-order valence-electron chi connectivity index (χ4n) is 2.62. The molecule has 2 unspecified atom stereocenters. The van der Waals surface area contributed by atoms with Crippen LogP contribution < -0.4 is 11.1 Å². The highest BCUT2D eigenvalue weighted by Gasteiger charge is 2.53. The van der Waals surface area contributed by atoms with Gasteiger partial charge in [-0.1, -0.05) is 12.7 Å². The molecule has 1 saturated heterocycles. The highest BCUT2D eigenvalue weighted by atomic mass is 32.2. The van der Waals surface area contributed by atoms with Gasteiger partial charge in [0, 0.05) is 11.1 Å². The molecule has 5 N–H and O–H groups in total. The Labute approximate surface area is 155 Å². The Morgan fingerprint density at radius 2 is 2.27 bits per heavy atom. The second-order valence-corrected chi connectivity index (χ2v) is 7.27. The molecule has 10 nitrogen and oxygen atoms in total. The summed E-state index contributed by atoms with van der Waals surface area (Å²) < 4.78 is 0. The maximum absolute atomic E-state index is 12.4. The number of nitrogens with two attached hydrogens (primary N) is 1. The summed E-state index contributed by atoms with van der Waals surface area (Å²) in [6.07, 6.45) is 1.40. The van der Waals surface area contributed by atoms with Gasteiger partial charge in [-0.2, -0.15) is 0 Å². The SMILES string of the molecule is C=CC1=C(C(=O)O)N2C(=O)C(N/C(O)=C(\N=O)c3csc(N)n3)C2SC1. The molecule has 0 aromatic carbocycles. The predicted molar refractivity (Wildman–Crippen MR) is 96.7 cm³/mol. The van der Waals surface area contributed by atoms with Crippen molar-refractivity contribution in [3.63, 3.8) is 0 Å². The first-order valence-electron chi connectivity index (χ1n) is 7.17. The van der Waals surface area contributed by atoms with Gasteiger partial charge in [0.25, 0.3) is 5.91 Å². The van der Waals surface area contributed by atoms with Gasteiger partial charge in [0.1, 0.15) is 22.8 Å². The van der Waals surface area contributed by atoms with Crippen molar-refractivity contribution in [3.8, 4) is 0 Å². The number of nitrogen functional groups attached to an aromatic ring is 1. The van der Waals surface area contributed by atoms with Crippen molar-refractivity contribution in [2.75, 3.05) is 11.5 Å². The lowest BCUT2D eigenvalue weighted by molar-refractivity contribution is -0.149. The van der Waals surface area contributed by atoms with Crippen molar-refractivity contribution in [1.82, 2.24) is 15.2 Å². The van der Waals surface area contributed by atoms with Gasteiger partial charge in [-0.15, -0.1) is 28.0 Å². The van der Waals surface area contributed by atoms with Crippen LogP contribution in [0.5, 0.6) is 0 Å². The molecule has 26 heavy (non-hydrogen) atoms. The molecule has 3 heterocycles. The smallest absolute Gasteiger partial charge is 0.352 e. The summed E-state index contributed by atoms with van der Waals surface area (Å²) in [7, 11) is 0. The molecular weight excluding hydrogens is 382 g/mol. The number of allylic oxidation sites excluding steroid dienone is 1. The molecule has 2 aliphatic heterocycles. The number of nitroso groups, excluding NO2 is 1. The summed E-state index contributed by atoms with van der Waals surface area (Å²) in [5.74, 6) is -2.05. The summed E-state index contributed by atoms with van der Waals surface area (Å²) in [5, 5.41) is 25.9. The third kappa shape index (κ3) is 2.82. The molecule has 136 valence electrons. The quantitative estimate of drug-likeness (QED) is 0.314. The van der Waals surface area contributed by atoms with Gasteiger partial charge in [0.15, 0.2) is 10.8 Å². The van der Waals surface area contributed by atoms with Crippen molar-refractivity contribution in [1.29, 1.82) is 0 Å². The number of aliphatic hydroxyl groups excluding tert-OH is 1. The third-order valence-corrected chi connectivity index (χ3v) is 5.80. The second kappa shape index (κ2) is 6.80. The van der Waals surface area contributed by atoms with Crippen LogP contribution >= 0.6 is 23.1 Å². The Bertz CT molecular complexity index is 877. The van der Waals surface area contributed by atoms with E-state index in [1.165, 1.54) is 23.2 Å². The minimum atomic E-state index is -1.23. The van der Waals surface area contributed by atoms with E-state index in [0.717, 1.165) is 16.2 Å². The lowest BCUT2D eigenvalue weighted by Gasteiger charge is -2.49. The summed E-state index contributed by atoms with van der Waals surface area (Å²) in [4.78, 5) is 39.9. The van der Waals surface area contributed by atoms with E-state index in [1.54, 1.807) is 0 Å². The number of rotatable bonds is 6. The largest absolute Gasteiger partial charge is 0.493 e. The highest BCUT2D eigenvalue weighted by molar-refractivity contribution is 8.00. The second-order valence-electron chi connectivity index (χ2n) is 5.27. The van der Waals surface area contributed by atoms with E-state index in [9.17, 15) is 24.7 Å². The van der Waals surface area contributed by atoms with E-state index >= 15 is 0 Å². The number of thiazole rings is 1. The number of carboxylic acids is 1. The molecule has 0 spiro atoms. The van der Waals surface area contributed by atoms with E-state index < -0.39 is 29.2 Å². The lowest BCUT2D eigenvalue weighted by atomic mass is 10.0. The summed E-state index contributed by atoms with van der Waals surface area (Å²) in [5.41, 5.74) is 5.50. The van der Waals surface area contributed by atoms with Crippen LogP contribution in [0.2, 0.25) is 0 Å². The molecule has 12 heteroatoms. The number of nitrogens with zero attached hydrogens (tertiary/aromatic N) is 3. The summed E-state index contributed by atoms with van der Waals surface area (Å²) >= 11 is 2.38. The first-order chi connectivity index (χ1) is 12.4. The van der Waals surface area contributed by atoms with E-state index in [1.807, 2.05) is 0 Å². The maximum Gasteiger partial charge on any atom is 0.352 e. The fraction of sp³-hybridized carbons (Fsp3) is 0.214. The Balaban J connectivity index is 1.85. The number of amides is 1. The number of carbonyl (C=O) groups is 2. The molecule has 0 aliphatic carbocycles. The molecule has 0 saturated carbocycles. The Hall–Kier alpha value is -2.86. The number of hydrogen-bond acceptors (Lipinski definition) is 10. The molecule has 1 aromatic rings. The maximum atomic E-state index is 12.4. The van der Waals surface area contributed by atoms with Crippen molar-refractivity contribution in [3.05, 3.63) is 45.8 Å². The van der Waals surface area contributed by atoms with E-state index in [0.29, 0.717) is 11.3 Å². The number of aliphatic carboxylic acids is 1. The van der Waals surface area contributed by atoms with Crippen LogP contribution in [0.25, 0.3) is 5.70 Å². The van der Waals surface area contributed by atoms with Crippen molar-refractivity contribution >= 4 is 45.8 Å². The predicted octanol–water partition coefficient (Wildman–Crippen LogP) is 1.07. The van der Waals surface area contributed by atoms with E-state index in [4.69, 9.17) is 5.73 Å². The topological polar surface area (TPSA) is 158 Å². The molecule has 0 bridgehead atoms. The van der Waals surface area contributed by atoms with Gasteiger partial charge in [0.05, 0.1) is 0 Å². The number of β-lactam (4-membered cyclic amide) rings is 1. The third-order valence-electron chi connectivity index (χ3n) is 3.82. The van der Waals surface area contributed by atoms with Crippen LogP contribution in [0.3, 0.4) is 0 Å². The number of carbonyl (C=O) groups excluding carboxylic acids is 1. The van der Waals surface area contributed by atoms with Crippen molar-refractivity contribution in [2.45, 2.75) is 11.4 Å². The molecule has 2 aliphatic rings. The number of anilines is 1. The van der Waals surface area contributed by atoms with Crippen LogP contribution in [0.4, 0.5) is 5.13 Å². The molecule has 2 atom stereocenters. The standard InChI is InChI=1S/C14H13N5O5S2/c1-2-5-3-25-12-8(11(21)19(12)9(5)13(22)23)17-10(20)7(18-24)6-4-26-14(15)16-6/h2,4,8,12,17,20H,1,3H2,(H2,15,16)(H,22,23)/b10-7+. The number of nitrogens with one attached hydrogen (secondary N) is 1. The van der Waals surface area contributed by atoms with Crippen LogP contribution in [0, 0.1) is 4.91 Å². The highest BCUT2D eigenvalue weighted by Crippen LogP contribution is 2.41. The Morgan fingerprint density at radius 1 is 1.54 bits per heavy atom.